The molecule has 0 radical (unpaired) electrons. The lowest BCUT2D eigenvalue weighted by molar-refractivity contribution is 0.0988. The van der Waals surface area contributed by atoms with Crippen LogP contribution < -0.4 is 10.1 Å². The molecule has 0 spiro atoms. The fourth-order valence-electron chi connectivity index (χ4n) is 2.42. The zero-order valence-corrected chi connectivity index (χ0v) is 12.9. The maximum Gasteiger partial charge on any atom is 0.124 e. The number of rotatable bonds is 8. The summed E-state index contributed by atoms with van der Waals surface area (Å²) in [4.78, 5) is 0. The van der Waals surface area contributed by atoms with E-state index in [1.165, 1.54) is 0 Å². The molecule has 3 N–H and O–H groups in total. The van der Waals surface area contributed by atoms with Gasteiger partial charge in [0.15, 0.2) is 0 Å². The number of hydrogen-bond donors (Lipinski definition) is 3. The molecule has 2 atom stereocenters. The third-order valence-electron chi connectivity index (χ3n) is 3.93. The van der Waals surface area contributed by atoms with E-state index in [1.807, 2.05) is 19.1 Å². The van der Waals surface area contributed by atoms with Gasteiger partial charge in [-0.1, -0.05) is 32.8 Å². The van der Waals surface area contributed by atoms with Gasteiger partial charge in [0, 0.05) is 24.2 Å². The number of phenolic OH excluding ortho intramolecular Hbond substituents is 1. The summed E-state index contributed by atoms with van der Waals surface area (Å²) < 4.78 is 5.07. The molecule has 4 nitrogen and oxygen atoms in total. The summed E-state index contributed by atoms with van der Waals surface area (Å²) in [7, 11) is 1.57. The van der Waals surface area contributed by atoms with Crippen LogP contribution in [0, 0.1) is 5.92 Å². The molecule has 0 heterocycles. The van der Waals surface area contributed by atoms with Crippen molar-refractivity contribution in [2.45, 2.75) is 45.8 Å². The molecule has 0 aliphatic rings. The highest BCUT2D eigenvalue weighted by molar-refractivity contribution is 5.41. The molecular formula is C16H27NO3. The van der Waals surface area contributed by atoms with Crippen molar-refractivity contribution < 1.29 is 14.9 Å². The second kappa shape index (κ2) is 8.12. The number of methoxy groups -OCH3 is 1. The average molecular weight is 281 g/mol. The Hall–Kier alpha value is -1.26. The Balaban J connectivity index is 2.60. The summed E-state index contributed by atoms with van der Waals surface area (Å²) in [5, 5.41) is 23.4. The summed E-state index contributed by atoms with van der Waals surface area (Å²) in [6.07, 6.45) is 1.59. The van der Waals surface area contributed by atoms with Crippen molar-refractivity contribution in [3.8, 4) is 11.5 Å². The molecule has 1 rings (SSSR count). The lowest BCUT2D eigenvalue weighted by Gasteiger charge is -2.23. The molecule has 0 saturated heterocycles. The van der Waals surface area contributed by atoms with Gasteiger partial charge >= 0.3 is 0 Å². The van der Waals surface area contributed by atoms with E-state index in [1.54, 1.807) is 13.2 Å². The fourth-order valence-corrected chi connectivity index (χ4v) is 2.42. The molecule has 20 heavy (non-hydrogen) atoms. The molecule has 1 aromatic carbocycles. The second-order valence-corrected chi connectivity index (χ2v) is 5.20. The highest BCUT2D eigenvalue weighted by Crippen LogP contribution is 2.28. The van der Waals surface area contributed by atoms with Gasteiger partial charge < -0.3 is 20.3 Å². The van der Waals surface area contributed by atoms with Crippen LogP contribution in [-0.4, -0.2) is 30.0 Å². The largest absolute Gasteiger partial charge is 0.507 e. The Morgan fingerprint density at radius 2 is 1.90 bits per heavy atom. The minimum absolute atomic E-state index is 0.0232. The van der Waals surface area contributed by atoms with Crippen molar-refractivity contribution in [1.29, 1.82) is 0 Å². The molecule has 0 aliphatic carbocycles. The average Bonchev–Trinajstić information content (AvgIpc) is 2.45. The molecule has 2 unspecified atom stereocenters. The van der Waals surface area contributed by atoms with Crippen LogP contribution in [0.4, 0.5) is 0 Å². The number of aliphatic hydroxyl groups is 1. The summed E-state index contributed by atoms with van der Waals surface area (Å²) in [5.74, 6) is 1.16. The van der Waals surface area contributed by atoms with Crippen LogP contribution in [0.15, 0.2) is 18.2 Å². The Bertz CT molecular complexity index is 405. The third kappa shape index (κ3) is 4.39. The van der Waals surface area contributed by atoms with Crippen molar-refractivity contribution in [2.24, 2.45) is 5.92 Å². The van der Waals surface area contributed by atoms with Gasteiger partial charge in [-0.05, 0) is 18.9 Å². The van der Waals surface area contributed by atoms with Gasteiger partial charge in [0.05, 0.1) is 13.2 Å². The van der Waals surface area contributed by atoms with Crippen LogP contribution in [0.1, 0.15) is 45.2 Å². The Labute approximate surface area is 121 Å². The monoisotopic (exact) mass is 281 g/mol. The van der Waals surface area contributed by atoms with E-state index in [2.05, 4.69) is 19.2 Å². The quantitative estimate of drug-likeness (QED) is 0.685. The Morgan fingerprint density at radius 1 is 1.25 bits per heavy atom. The van der Waals surface area contributed by atoms with Crippen LogP contribution in [0.2, 0.25) is 0 Å². The molecule has 0 bridgehead atoms. The first-order valence-electron chi connectivity index (χ1n) is 7.31. The lowest BCUT2D eigenvalue weighted by atomic mass is 9.96. The highest BCUT2D eigenvalue weighted by Gasteiger charge is 2.17. The molecule has 0 saturated carbocycles. The molecule has 114 valence electrons. The van der Waals surface area contributed by atoms with Crippen molar-refractivity contribution in [3.05, 3.63) is 23.8 Å². The van der Waals surface area contributed by atoms with Crippen molar-refractivity contribution in [3.63, 3.8) is 0 Å². The molecule has 0 aromatic heterocycles. The summed E-state index contributed by atoms with van der Waals surface area (Å²) in [5.41, 5.74) is 0.808. The van der Waals surface area contributed by atoms with Crippen molar-refractivity contribution in [2.75, 3.05) is 13.7 Å². The predicted octanol–water partition coefficient (Wildman–Crippen LogP) is 2.85. The standard InChI is InChI=1S/C16H27NO3/c1-5-12(6-2)16(19)10-17-11(3)14-8-7-13(20-4)9-15(14)18/h7-9,11-12,16-19H,5-6,10H2,1-4H3. The predicted molar refractivity (Wildman–Crippen MR) is 81.2 cm³/mol. The number of phenols is 1. The number of aromatic hydroxyl groups is 1. The summed E-state index contributed by atoms with van der Waals surface area (Å²) >= 11 is 0. The Morgan fingerprint density at radius 3 is 2.40 bits per heavy atom. The number of nitrogens with one attached hydrogen (secondary N) is 1. The second-order valence-electron chi connectivity index (χ2n) is 5.20. The SMILES string of the molecule is CCC(CC)C(O)CNC(C)c1ccc(OC)cc1O. The first-order chi connectivity index (χ1) is 9.53. The fraction of sp³-hybridized carbons (Fsp3) is 0.625. The van der Waals surface area contributed by atoms with E-state index < -0.39 is 0 Å². The van der Waals surface area contributed by atoms with Gasteiger partial charge in [-0.15, -0.1) is 0 Å². The minimum atomic E-state index is -0.354. The number of benzene rings is 1. The minimum Gasteiger partial charge on any atom is -0.507 e. The van der Waals surface area contributed by atoms with Crippen LogP contribution in [0.5, 0.6) is 11.5 Å². The van der Waals surface area contributed by atoms with E-state index in [9.17, 15) is 10.2 Å². The van der Waals surface area contributed by atoms with Crippen LogP contribution in [0.25, 0.3) is 0 Å². The van der Waals surface area contributed by atoms with Crippen LogP contribution >= 0.6 is 0 Å². The number of ether oxygens (including phenoxy) is 1. The third-order valence-corrected chi connectivity index (χ3v) is 3.93. The highest BCUT2D eigenvalue weighted by atomic mass is 16.5. The van der Waals surface area contributed by atoms with Gasteiger partial charge in [0.1, 0.15) is 11.5 Å². The van der Waals surface area contributed by atoms with E-state index in [0.717, 1.165) is 18.4 Å². The maximum atomic E-state index is 10.1. The molecular weight excluding hydrogens is 254 g/mol. The van der Waals surface area contributed by atoms with E-state index in [-0.39, 0.29) is 17.9 Å². The topological polar surface area (TPSA) is 61.7 Å². The molecule has 0 aliphatic heterocycles. The number of hydrogen-bond acceptors (Lipinski definition) is 4. The Kier molecular flexibility index (Phi) is 6.82. The van der Waals surface area contributed by atoms with Crippen LogP contribution in [0.3, 0.4) is 0 Å². The van der Waals surface area contributed by atoms with Crippen molar-refractivity contribution in [1.82, 2.24) is 5.32 Å². The maximum absolute atomic E-state index is 10.1. The van der Waals surface area contributed by atoms with E-state index >= 15 is 0 Å². The van der Waals surface area contributed by atoms with Gasteiger partial charge in [-0.25, -0.2) is 0 Å². The van der Waals surface area contributed by atoms with Gasteiger partial charge in [-0.2, -0.15) is 0 Å². The normalized spacial score (nSPS) is 14.3. The lowest BCUT2D eigenvalue weighted by Crippen LogP contribution is -2.33. The smallest absolute Gasteiger partial charge is 0.124 e. The van der Waals surface area contributed by atoms with Gasteiger partial charge in [0.25, 0.3) is 0 Å². The summed E-state index contributed by atoms with van der Waals surface area (Å²) in [6.45, 7) is 6.69. The zero-order chi connectivity index (χ0) is 15.1. The van der Waals surface area contributed by atoms with E-state index in [4.69, 9.17) is 4.74 Å². The first-order valence-corrected chi connectivity index (χ1v) is 7.31. The molecule has 0 amide bonds. The van der Waals surface area contributed by atoms with Crippen molar-refractivity contribution >= 4 is 0 Å². The molecule has 4 heteroatoms. The van der Waals surface area contributed by atoms with E-state index in [0.29, 0.717) is 18.2 Å². The first kappa shape index (κ1) is 16.8. The van der Waals surface area contributed by atoms with Gasteiger partial charge in [-0.3, -0.25) is 0 Å². The van der Waals surface area contributed by atoms with Crippen LogP contribution in [-0.2, 0) is 0 Å². The molecule has 0 fully saturated rings. The van der Waals surface area contributed by atoms with Gasteiger partial charge in [0.2, 0.25) is 0 Å². The molecule has 1 aromatic rings. The zero-order valence-electron chi connectivity index (χ0n) is 12.9. The number of aliphatic hydroxyl groups excluding tert-OH is 1. The summed E-state index contributed by atoms with van der Waals surface area (Å²) in [6, 6.07) is 5.25.